The van der Waals surface area contributed by atoms with Gasteiger partial charge >= 0.3 is 0 Å². The zero-order valence-corrected chi connectivity index (χ0v) is 17.1. The molecule has 1 saturated heterocycles. The van der Waals surface area contributed by atoms with E-state index < -0.39 is 0 Å². The minimum Gasteiger partial charge on any atom is -0.497 e. The van der Waals surface area contributed by atoms with Crippen LogP contribution in [0.25, 0.3) is 0 Å². The van der Waals surface area contributed by atoms with E-state index in [0.717, 1.165) is 30.2 Å². The Labute approximate surface area is 176 Å². The van der Waals surface area contributed by atoms with Crippen LogP contribution in [0.15, 0.2) is 42.5 Å². The highest BCUT2D eigenvalue weighted by Gasteiger charge is 2.25. The monoisotopic (exact) mass is 420 g/mol. The molecule has 1 atom stereocenters. The molecule has 29 heavy (non-hydrogen) atoms. The number of rotatable bonds is 6. The Bertz CT molecular complexity index is 842. The van der Waals surface area contributed by atoms with Crippen LogP contribution in [-0.2, 0) is 4.74 Å². The Hall–Kier alpha value is -2.48. The lowest BCUT2D eigenvalue weighted by atomic mass is 10.0. The molecular formula is C21H25ClN2O5. The smallest absolute Gasteiger partial charge is 0.251 e. The molecule has 2 heterocycles. The number of hydrogen-bond acceptors (Lipinski definition) is 6. The number of morpholine rings is 1. The molecule has 1 fully saturated rings. The fourth-order valence-corrected chi connectivity index (χ4v) is 3.52. The molecule has 2 aliphatic rings. The van der Waals surface area contributed by atoms with Crippen molar-refractivity contribution in [1.82, 2.24) is 10.2 Å². The number of fused-ring (bicyclic) bond motifs is 1. The van der Waals surface area contributed by atoms with Gasteiger partial charge in [-0.05, 0) is 35.9 Å². The van der Waals surface area contributed by atoms with Crippen molar-refractivity contribution < 1.29 is 23.7 Å². The summed E-state index contributed by atoms with van der Waals surface area (Å²) in [5.74, 6) is 2.03. The first-order valence-corrected chi connectivity index (χ1v) is 9.38. The summed E-state index contributed by atoms with van der Waals surface area (Å²) in [6, 6.07) is 13.1. The summed E-state index contributed by atoms with van der Waals surface area (Å²) in [5, 5.41) is 3.06. The van der Waals surface area contributed by atoms with E-state index in [1.165, 1.54) is 0 Å². The van der Waals surface area contributed by atoms with Gasteiger partial charge in [-0.1, -0.05) is 12.1 Å². The third kappa shape index (κ3) is 4.93. The van der Waals surface area contributed by atoms with Crippen molar-refractivity contribution in [2.24, 2.45) is 0 Å². The van der Waals surface area contributed by atoms with Gasteiger partial charge in [0.2, 0.25) is 6.79 Å². The zero-order valence-electron chi connectivity index (χ0n) is 16.3. The largest absolute Gasteiger partial charge is 0.497 e. The fraction of sp³-hybridized carbons (Fsp3) is 0.381. The first-order valence-electron chi connectivity index (χ1n) is 9.38. The standard InChI is InChI=1S/C21H24N2O5.ClH/c1-25-17-4-2-3-16(11-17)21(24)22-13-18(23-7-9-26-10-8-23)15-5-6-19-20(12-15)28-14-27-19;/h2-6,11-12,18H,7-10,13-14H2,1H3,(H,22,24);1H. The SMILES string of the molecule is COc1cccc(C(=O)NCC(c2ccc3c(c2)OCO3)N2CCOCC2)c1.Cl. The summed E-state index contributed by atoms with van der Waals surface area (Å²) in [6.45, 7) is 3.72. The van der Waals surface area contributed by atoms with Gasteiger partial charge in [0.25, 0.3) is 5.91 Å². The van der Waals surface area contributed by atoms with Crippen molar-refractivity contribution in [1.29, 1.82) is 0 Å². The summed E-state index contributed by atoms with van der Waals surface area (Å²) in [7, 11) is 1.59. The van der Waals surface area contributed by atoms with Crippen LogP contribution >= 0.6 is 12.4 Å². The molecule has 2 aliphatic heterocycles. The Morgan fingerprint density at radius 1 is 1.14 bits per heavy atom. The van der Waals surface area contributed by atoms with E-state index in [4.69, 9.17) is 18.9 Å². The number of carbonyl (C=O) groups is 1. The van der Waals surface area contributed by atoms with Crippen LogP contribution in [0, 0.1) is 0 Å². The maximum absolute atomic E-state index is 12.7. The maximum atomic E-state index is 12.7. The van der Waals surface area contributed by atoms with Gasteiger partial charge in [0.05, 0.1) is 26.4 Å². The number of carbonyl (C=O) groups excluding carboxylic acids is 1. The second kappa shape index (κ2) is 9.82. The quantitative estimate of drug-likeness (QED) is 0.774. The molecule has 0 bridgehead atoms. The van der Waals surface area contributed by atoms with Crippen LogP contribution in [-0.4, -0.2) is 57.6 Å². The second-order valence-corrected chi connectivity index (χ2v) is 6.72. The Morgan fingerprint density at radius 2 is 1.93 bits per heavy atom. The minimum atomic E-state index is -0.127. The van der Waals surface area contributed by atoms with Crippen LogP contribution in [0.2, 0.25) is 0 Å². The lowest BCUT2D eigenvalue weighted by Gasteiger charge is -2.35. The average Bonchev–Trinajstić information content (AvgIpc) is 3.22. The number of nitrogens with zero attached hydrogens (tertiary/aromatic N) is 1. The topological polar surface area (TPSA) is 69.3 Å². The van der Waals surface area contributed by atoms with Gasteiger partial charge in [-0.25, -0.2) is 0 Å². The van der Waals surface area contributed by atoms with Crippen molar-refractivity contribution >= 4 is 18.3 Å². The lowest BCUT2D eigenvalue weighted by Crippen LogP contribution is -2.43. The molecule has 2 aromatic carbocycles. The van der Waals surface area contributed by atoms with E-state index in [1.54, 1.807) is 19.2 Å². The highest BCUT2D eigenvalue weighted by molar-refractivity contribution is 5.94. The summed E-state index contributed by atoms with van der Waals surface area (Å²) in [5.41, 5.74) is 1.66. The molecule has 0 spiro atoms. The highest BCUT2D eigenvalue weighted by atomic mass is 35.5. The van der Waals surface area contributed by atoms with Crippen molar-refractivity contribution in [2.45, 2.75) is 6.04 Å². The van der Waals surface area contributed by atoms with Crippen molar-refractivity contribution in [3.8, 4) is 17.2 Å². The van der Waals surface area contributed by atoms with Gasteiger partial charge in [-0.3, -0.25) is 9.69 Å². The lowest BCUT2D eigenvalue weighted by molar-refractivity contribution is 0.0162. The van der Waals surface area contributed by atoms with Crippen LogP contribution in [0.4, 0.5) is 0 Å². The molecule has 0 saturated carbocycles. The summed E-state index contributed by atoms with van der Waals surface area (Å²) < 4.78 is 21.7. The molecule has 0 aliphatic carbocycles. The first-order chi connectivity index (χ1) is 13.7. The number of hydrogen-bond donors (Lipinski definition) is 1. The van der Waals surface area contributed by atoms with Gasteiger partial charge in [0.1, 0.15) is 5.75 Å². The van der Waals surface area contributed by atoms with Gasteiger partial charge < -0.3 is 24.3 Å². The highest BCUT2D eigenvalue weighted by Crippen LogP contribution is 2.35. The normalized spacial score (nSPS) is 16.6. The van der Waals surface area contributed by atoms with E-state index in [2.05, 4.69) is 10.2 Å². The third-order valence-corrected chi connectivity index (χ3v) is 5.06. The Balaban J connectivity index is 0.00000240. The zero-order chi connectivity index (χ0) is 19.3. The van der Waals surface area contributed by atoms with Gasteiger partial charge in [0, 0.05) is 25.2 Å². The molecule has 0 radical (unpaired) electrons. The summed E-state index contributed by atoms with van der Waals surface area (Å²) >= 11 is 0. The molecule has 1 N–H and O–H groups in total. The van der Waals surface area contributed by atoms with E-state index in [-0.39, 0.29) is 31.1 Å². The molecular weight excluding hydrogens is 396 g/mol. The average molecular weight is 421 g/mol. The molecule has 1 amide bonds. The fourth-order valence-electron chi connectivity index (χ4n) is 3.52. The van der Waals surface area contributed by atoms with Crippen molar-refractivity contribution in [2.75, 3.05) is 46.8 Å². The molecule has 4 rings (SSSR count). The van der Waals surface area contributed by atoms with Crippen molar-refractivity contribution in [3.63, 3.8) is 0 Å². The van der Waals surface area contributed by atoms with E-state index in [1.807, 2.05) is 30.3 Å². The molecule has 0 aromatic heterocycles. The van der Waals surface area contributed by atoms with Crippen LogP contribution < -0.4 is 19.5 Å². The number of halogens is 1. The predicted molar refractivity (Wildman–Crippen MR) is 110 cm³/mol. The predicted octanol–water partition coefficient (Wildman–Crippen LogP) is 2.65. The number of benzene rings is 2. The summed E-state index contributed by atoms with van der Waals surface area (Å²) in [6.07, 6.45) is 0. The number of ether oxygens (including phenoxy) is 4. The van der Waals surface area contributed by atoms with Crippen LogP contribution in [0.5, 0.6) is 17.2 Å². The van der Waals surface area contributed by atoms with Crippen LogP contribution in [0.1, 0.15) is 22.0 Å². The first kappa shape index (κ1) is 21.2. The maximum Gasteiger partial charge on any atom is 0.251 e. The number of nitrogens with one attached hydrogen (secondary N) is 1. The molecule has 7 nitrogen and oxygen atoms in total. The molecule has 2 aromatic rings. The van der Waals surface area contributed by atoms with Gasteiger partial charge in [0.15, 0.2) is 11.5 Å². The summed E-state index contributed by atoms with van der Waals surface area (Å²) in [4.78, 5) is 15.0. The minimum absolute atomic E-state index is 0. The van der Waals surface area contributed by atoms with Crippen molar-refractivity contribution in [3.05, 3.63) is 53.6 Å². The number of amides is 1. The number of methoxy groups -OCH3 is 1. The Kier molecular flexibility index (Phi) is 7.19. The van der Waals surface area contributed by atoms with Gasteiger partial charge in [-0.15, -0.1) is 12.4 Å². The molecule has 8 heteroatoms. The molecule has 1 unspecified atom stereocenters. The molecule has 156 valence electrons. The van der Waals surface area contributed by atoms with Gasteiger partial charge in [-0.2, -0.15) is 0 Å². The van der Waals surface area contributed by atoms with Crippen LogP contribution in [0.3, 0.4) is 0 Å². The van der Waals surface area contributed by atoms with E-state index in [9.17, 15) is 4.79 Å². The third-order valence-electron chi connectivity index (χ3n) is 5.06. The van der Waals surface area contributed by atoms with E-state index >= 15 is 0 Å². The second-order valence-electron chi connectivity index (χ2n) is 6.72. The van der Waals surface area contributed by atoms with E-state index in [0.29, 0.717) is 31.1 Å². The Morgan fingerprint density at radius 3 is 2.72 bits per heavy atom.